The van der Waals surface area contributed by atoms with Gasteiger partial charge in [0.05, 0.1) is 17.7 Å². The summed E-state index contributed by atoms with van der Waals surface area (Å²) in [6.45, 7) is 0. The number of nitrogens with one attached hydrogen (secondary N) is 1. The van der Waals surface area contributed by atoms with Gasteiger partial charge in [0.25, 0.3) is 0 Å². The van der Waals surface area contributed by atoms with Gasteiger partial charge in [0.15, 0.2) is 0 Å². The van der Waals surface area contributed by atoms with Gasteiger partial charge in [-0.1, -0.05) is 48.0 Å². The summed E-state index contributed by atoms with van der Waals surface area (Å²) in [5.41, 5.74) is 3.37. The molecule has 2 aromatic carbocycles. The number of halogens is 2. The van der Waals surface area contributed by atoms with Crippen LogP contribution >= 0.6 is 11.6 Å². The number of hydrogen-bond donors (Lipinski definition) is 1. The highest BCUT2D eigenvalue weighted by Gasteiger charge is 2.04. The van der Waals surface area contributed by atoms with E-state index in [2.05, 4.69) is 10.5 Å². The molecular formula is C15H12ClFN2O. The van der Waals surface area contributed by atoms with Crippen LogP contribution in [0.1, 0.15) is 11.1 Å². The van der Waals surface area contributed by atoms with Crippen LogP contribution in [0, 0.1) is 5.82 Å². The zero-order valence-corrected chi connectivity index (χ0v) is 11.3. The van der Waals surface area contributed by atoms with Crippen LogP contribution in [0.15, 0.2) is 53.6 Å². The van der Waals surface area contributed by atoms with E-state index >= 15 is 0 Å². The van der Waals surface area contributed by atoms with Crippen molar-refractivity contribution in [2.45, 2.75) is 6.42 Å². The number of rotatable bonds is 4. The van der Waals surface area contributed by atoms with E-state index in [1.807, 2.05) is 30.3 Å². The molecule has 0 bridgehead atoms. The number of benzene rings is 2. The molecule has 3 nitrogen and oxygen atoms in total. The third kappa shape index (κ3) is 3.90. The molecule has 0 heterocycles. The molecule has 2 rings (SSSR count). The molecule has 0 unspecified atom stereocenters. The lowest BCUT2D eigenvalue weighted by Crippen LogP contribution is -2.19. The molecule has 2 aromatic rings. The smallest absolute Gasteiger partial charge is 0.244 e. The van der Waals surface area contributed by atoms with Crippen molar-refractivity contribution in [1.29, 1.82) is 0 Å². The van der Waals surface area contributed by atoms with Gasteiger partial charge in [-0.05, 0) is 17.7 Å². The number of nitrogens with zero attached hydrogens (tertiary/aromatic N) is 1. The van der Waals surface area contributed by atoms with Gasteiger partial charge in [0, 0.05) is 5.56 Å². The molecule has 20 heavy (non-hydrogen) atoms. The average Bonchev–Trinajstić information content (AvgIpc) is 2.43. The Balaban J connectivity index is 1.95. The van der Waals surface area contributed by atoms with Gasteiger partial charge in [-0.2, -0.15) is 5.10 Å². The standard InChI is InChI=1S/C15H12ClFN2O/c16-13-7-4-8-14(17)12(13)10-18-19-15(20)9-11-5-2-1-3-6-11/h1-8,10H,9H2,(H,19,20)/b18-10+. The average molecular weight is 291 g/mol. The third-order valence-electron chi connectivity index (χ3n) is 2.59. The minimum absolute atomic E-state index is 0.147. The van der Waals surface area contributed by atoms with Gasteiger partial charge >= 0.3 is 0 Å². The molecule has 0 atom stereocenters. The van der Waals surface area contributed by atoms with Crippen molar-refractivity contribution < 1.29 is 9.18 Å². The van der Waals surface area contributed by atoms with Gasteiger partial charge < -0.3 is 0 Å². The van der Waals surface area contributed by atoms with Crippen molar-refractivity contribution in [3.63, 3.8) is 0 Å². The maximum atomic E-state index is 13.4. The summed E-state index contributed by atoms with van der Waals surface area (Å²) in [5, 5.41) is 3.95. The zero-order chi connectivity index (χ0) is 14.4. The van der Waals surface area contributed by atoms with Crippen LogP contribution in [0.3, 0.4) is 0 Å². The van der Waals surface area contributed by atoms with Gasteiger partial charge in [0.2, 0.25) is 5.91 Å². The molecule has 102 valence electrons. The van der Waals surface area contributed by atoms with Crippen molar-refractivity contribution in [1.82, 2.24) is 5.43 Å². The summed E-state index contributed by atoms with van der Waals surface area (Å²) >= 11 is 5.83. The molecule has 0 aromatic heterocycles. The molecule has 0 radical (unpaired) electrons. The molecule has 1 amide bonds. The maximum absolute atomic E-state index is 13.4. The Kier molecular flexibility index (Phi) is 4.85. The van der Waals surface area contributed by atoms with Gasteiger partial charge in [-0.15, -0.1) is 0 Å². The van der Waals surface area contributed by atoms with E-state index < -0.39 is 5.82 Å². The topological polar surface area (TPSA) is 41.5 Å². The zero-order valence-electron chi connectivity index (χ0n) is 10.5. The minimum atomic E-state index is -0.487. The lowest BCUT2D eigenvalue weighted by Gasteiger charge is -2.01. The van der Waals surface area contributed by atoms with Gasteiger partial charge in [-0.25, -0.2) is 9.82 Å². The Morgan fingerprint density at radius 2 is 1.95 bits per heavy atom. The Bertz CT molecular complexity index is 609. The Morgan fingerprint density at radius 3 is 2.65 bits per heavy atom. The van der Waals surface area contributed by atoms with Gasteiger partial charge in [-0.3, -0.25) is 4.79 Å². The number of carbonyl (C=O) groups is 1. The number of hydrogen-bond acceptors (Lipinski definition) is 2. The maximum Gasteiger partial charge on any atom is 0.244 e. The van der Waals surface area contributed by atoms with Crippen LogP contribution in [0.2, 0.25) is 5.02 Å². The van der Waals surface area contributed by atoms with E-state index in [1.54, 1.807) is 6.07 Å². The minimum Gasteiger partial charge on any atom is -0.273 e. The summed E-state index contributed by atoms with van der Waals surface area (Å²) in [6.07, 6.45) is 1.41. The van der Waals surface area contributed by atoms with E-state index in [4.69, 9.17) is 11.6 Å². The predicted octanol–water partition coefficient (Wildman–Crippen LogP) is 3.17. The molecule has 1 N–H and O–H groups in total. The summed E-state index contributed by atoms with van der Waals surface area (Å²) in [7, 11) is 0. The number of amides is 1. The lowest BCUT2D eigenvalue weighted by atomic mass is 10.1. The van der Waals surface area contributed by atoms with Crippen molar-refractivity contribution in [2.24, 2.45) is 5.10 Å². The SMILES string of the molecule is O=C(Cc1ccccc1)N/N=C/c1c(F)cccc1Cl. The van der Waals surface area contributed by atoms with Gasteiger partial charge in [0.1, 0.15) is 5.82 Å². The molecule has 0 saturated heterocycles. The quantitative estimate of drug-likeness (QED) is 0.682. The fraction of sp³-hybridized carbons (Fsp3) is 0.0667. The second-order valence-electron chi connectivity index (χ2n) is 4.09. The molecule has 0 saturated carbocycles. The second-order valence-corrected chi connectivity index (χ2v) is 4.50. The Hall–Kier alpha value is -2.20. The Labute approximate surface area is 121 Å². The van der Waals surface area contributed by atoms with E-state index in [0.29, 0.717) is 0 Å². The number of hydrazone groups is 1. The van der Waals surface area contributed by atoms with Crippen LogP contribution in [0.4, 0.5) is 4.39 Å². The van der Waals surface area contributed by atoms with Crippen molar-refractivity contribution in [3.8, 4) is 0 Å². The van der Waals surface area contributed by atoms with Crippen molar-refractivity contribution in [2.75, 3.05) is 0 Å². The highest BCUT2D eigenvalue weighted by atomic mass is 35.5. The predicted molar refractivity (Wildman–Crippen MR) is 77.3 cm³/mol. The first-order chi connectivity index (χ1) is 9.66. The lowest BCUT2D eigenvalue weighted by molar-refractivity contribution is -0.120. The van der Waals surface area contributed by atoms with Crippen LogP contribution in [-0.4, -0.2) is 12.1 Å². The highest BCUT2D eigenvalue weighted by molar-refractivity contribution is 6.33. The fourth-order valence-corrected chi connectivity index (χ4v) is 1.84. The summed E-state index contributed by atoms with van der Waals surface area (Å²) in [5.74, 6) is -0.765. The van der Waals surface area contributed by atoms with Crippen molar-refractivity contribution >= 4 is 23.7 Å². The highest BCUT2D eigenvalue weighted by Crippen LogP contribution is 2.16. The van der Waals surface area contributed by atoms with Crippen LogP contribution in [0.25, 0.3) is 0 Å². The Morgan fingerprint density at radius 1 is 1.20 bits per heavy atom. The van der Waals surface area contributed by atoms with Crippen LogP contribution < -0.4 is 5.43 Å². The summed E-state index contributed by atoms with van der Waals surface area (Å²) in [4.78, 5) is 11.6. The van der Waals surface area contributed by atoms with E-state index in [1.165, 1.54) is 18.3 Å². The molecular weight excluding hydrogens is 279 g/mol. The second kappa shape index (κ2) is 6.82. The third-order valence-corrected chi connectivity index (χ3v) is 2.92. The molecule has 0 aliphatic rings. The monoisotopic (exact) mass is 290 g/mol. The molecule has 0 aliphatic heterocycles. The summed E-state index contributed by atoms with van der Waals surface area (Å²) in [6, 6.07) is 13.6. The van der Waals surface area contributed by atoms with E-state index in [9.17, 15) is 9.18 Å². The molecule has 5 heteroatoms. The number of carbonyl (C=O) groups excluding carboxylic acids is 1. The first-order valence-electron chi connectivity index (χ1n) is 5.96. The van der Waals surface area contributed by atoms with E-state index in [0.717, 1.165) is 5.56 Å². The van der Waals surface area contributed by atoms with Crippen molar-refractivity contribution in [3.05, 3.63) is 70.5 Å². The first-order valence-corrected chi connectivity index (χ1v) is 6.34. The molecule has 0 aliphatic carbocycles. The molecule has 0 fully saturated rings. The normalized spacial score (nSPS) is 10.7. The van der Waals surface area contributed by atoms with Crippen LogP contribution in [0.5, 0.6) is 0 Å². The van der Waals surface area contributed by atoms with Crippen LogP contribution in [-0.2, 0) is 11.2 Å². The molecule has 0 spiro atoms. The largest absolute Gasteiger partial charge is 0.273 e. The van der Waals surface area contributed by atoms with E-state index in [-0.39, 0.29) is 22.9 Å². The first kappa shape index (κ1) is 14.2. The fourth-order valence-electron chi connectivity index (χ4n) is 1.62. The summed E-state index contributed by atoms with van der Waals surface area (Å²) < 4.78 is 13.4.